The number of hydrogen-bond donors (Lipinski definition) is 4. The van der Waals surface area contributed by atoms with Gasteiger partial charge < -0.3 is 20.1 Å². The van der Waals surface area contributed by atoms with Gasteiger partial charge in [0.2, 0.25) is 11.8 Å². The van der Waals surface area contributed by atoms with Crippen LogP contribution in [0.2, 0.25) is 0 Å². The molecule has 8 heteroatoms. The van der Waals surface area contributed by atoms with Crippen molar-refractivity contribution in [2.45, 2.75) is 69.9 Å². The quantitative estimate of drug-likeness (QED) is 0.303. The Kier molecular flexibility index (Phi) is 9.04. The molecule has 4 rings (SSSR count). The highest BCUT2D eigenvalue weighted by Crippen LogP contribution is 2.32. The molecule has 0 spiro atoms. The van der Waals surface area contributed by atoms with Crippen LogP contribution in [0.5, 0.6) is 11.5 Å². The molecule has 2 atom stereocenters. The fraction of sp³-hybridized carbons (Fsp3) is 0.483. The highest BCUT2D eigenvalue weighted by atomic mass is 16.5. The summed E-state index contributed by atoms with van der Waals surface area (Å²) in [6, 6.07) is 12.9. The summed E-state index contributed by atoms with van der Waals surface area (Å²) in [5.74, 6) is 0.940. The van der Waals surface area contributed by atoms with E-state index < -0.39 is 6.04 Å². The SMILES string of the molecule is COc1ccc(CC(=O)NC(=N)N[C@H](CC2CCCCC2)C(=O)NC2CCc3ccccc32)cc1OC. The first-order chi connectivity index (χ1) is 18.0. The van der Waals surface area contributed by atoms with E-state index in [0.29, 0.717) is 23.8 Å². The summed E-state index contributed by atoms with van der Waals surface area (Å²) in [6.07, 6.45) is 8.32. The Bertz CT molecular complexity index is 1110. The molecular formula is C29H38N4O4. The Balaban J connectivity index is 1.37. The maximum absolute atomic E-state index is 13.4. The van der Waals surface area contributed by atoms with E-state index in [9.17, 15) is 9.59 Å². The molecule has 198 valence electrons. The Hall–Kier alpha value is -3.55. The topological polar surface area (TPSA) is 113 Å². The van der Waals surface area contributed by atoms with Crippen LogP contribution in [0.3, 0.4) is 0 Å². The molecule has 1 unspecified atom stereocenters. The molecule has 8 nitrogen and oxygen atoms in total. The average Bonchev–Trinajstić information content (AvgIpc) is 3.31. The predicted molar refractivity (Wildman–Crippen MR) is 143 cm³/mol. The second kappa shape index (κ2) is 12.6. The number of benzene rings is 2. The van der Waals surface area contributed by atoms with Gasteiger partial charge in [0.15, 0.2) is 17.5 Å². The standard InChI is InChI=1S/C29H38N4O4/c1-36-25-15-12-20(17-26(25)37-2)18-27(34)33-29(30)32-24(16-19-8-4-3-5-9-19)28(35)31-23-14-13-21-10-6-7-11-22(21)23/h6-7,10-12,15,17,19,23-24H,3-5,8-9,13-14,16,18H2,1-2H3,(H,31,35)(H3,30,32,33,34)/t23?,24-/m1/s1. The van der Waals surface area contributed by atoms with Crippen molar-refractivity contribution in [2.24, 2.45) is 5.92 Å². The van der Waals surface area contributed by atoms with Gasteiger partial charge in [0, 0.05) is 0 Å². The zero-order valence-electron chi connectivity index (χ0n) is 21.8. The van der Waals surface area contributed by atoms with E-state index in [4.69, 9.17) is 14.9 Å². The lowest BCUT2D eigenvalue weighted by Gasteiger charge is -2.28. The molecule has 4 N–H and O–H groups in total. The molecule has 1 saturated carbocycles. The summed E-state index contributed by atoms with van der Waals surface area (Å²) < 4.78 is 10.6. The van der Waals surface area contributed by atoms with Gasteiger partial charge in [-0.1, -0.05) is 62.4 Å². The maximum Gasteiger partial charge on any atom is 0.243 e. The maximum atomic E-state index is 13.4. The summed E-state index contributed by atoms with van der Waals surface area (Å²) in [6.45, 7) is 0. The van der Waals surface area contributed by atoms with Crippen molar-refractivity contribution in [3.05, 3.63) is 59.2 Å². The molecule has 0 heterocycles. The molecule has 0 radical (unpaired) electrons. The normalized spacial score (nSPS) is 17.8. The number of carbonyl (C=O) groups is 2. The van der Waals surface area contributed by atoms with Crippen LogP contribution in [-0.2, 0) is 22.4 Å². The van der Waals surface area contributed by atoms with Gasteiger partial charge in [-0.2, -0.15) is 0 Å². The van der Waals surface area contributed by atoms with Crippen molar-refractivity contribution in [3.8, 4) is 11.5 Å². The van der Waals surface area contributed by atoms with Gasteiger partial charge in [-0.15, -0.1) is 0 Å². The number of aryl methyl sites for hydroxylation is 1. The molecular weight excluding hydrogens is 468 g/mol. The molecule has 0 bridgehead atoms. The van der Waals surface area contributed by atoms with Crippen molar-refractivity contribution in [1.29, 1.82) is 5.41 Å². The second-order valence-corrected chi connectivity index (χ2v) is 10.0. The number of rotatable bonds is 9. The van der Waals surface area contributed by atoms with E-state index in [1.165, 1.54) is 30.4 Å². The van der Waals surface area contributed by atoms with Crippen molar-refractivity contribution < 1.29 is 19.1 Å². The van der Waals surface area contributed by atoms with Crippen LogP contribution in [0.25, 0.3) is 0 Å². The summed E-state index contributed by atoms with van der Waals surface area (Å²) in [7, 11) is 3.10. The Labute approximate surface area is 219 Å². The van der Waals surface area contributed by atoms with Gasteiger partial charge in [0.1, 0.15) is 6.04 Å². The minimum absolute atomic E-state index is 0.0202. The van der Waals surface area contributed by atoms with E-state index >= 15 is 0 Å². The van der Waals surface area contributed by atoms with Crippen molar-refractivity contribution in [2.75, 3.05) is 14.2 Å². The van der Waals surface area contributed by atoms with Crippen LogP contribution >= 0.6 is 0 Å². The minimum Gasteiger partial charge on any atom is -0.493 e. The Morgan fingerprint density at radius 2 is 1.76 bits per heavy atom. The number of hydrogen-bond acceptors (Lipinski definition) is 5. The lowest BCUT2D eigenvalue weighted by molar-refractivity contribution is -0.124. The number of fused-ring (bicyclic) bond motifs is 1. The van der Waals surface area contributed by atoms with E-state index in [1.807, 2.05) is 12.1 Å². The Morgan fingerprint density at radius 3 is 2.51 bits per heavy atom. The lowest BCUT2D eigenvalue weighted by Crippen LogP contribution is -2.52. The predicted octanol–water partition coefficient (Wildman–Crippen LogP) is 4.03. The summed E-state index contributed by atoms with van der Waals surface area (Å²) in [4.78, 5) is 26.1. The third-order valence-electron chi connectivity index (χ3n) is 7.46. The van der Waals surface area contributed by atoms with Crippen LogP contribution in [-0.4, -0.2) is 38.0 Å². The van der Waals surface area contributed by atoms with Crippen LogP contribution in [0.15, 0.2) is 42.5 Å². The number of nitrogens with one attached hydrogen (secondary N) is 4. The fourth-order valence-corrected chi connectivity index (χ4v) is 5.54. The largest absolute Gasteiger partial charge is 0.493 e. The molecule has 2 aliphatic carbocycles. The highest BCUT2D eigenvalue weighted by Gasteiger charge is 2.29. The van der Waals surface area contributed by atoms with E-state index in [1.54, 1.807) is 32.4 Å². The van der Waals surface area contributed by atoms with Crippen LogP contribution in [0, 0.1) is 11.3 Å². The molecule has 2 aromatic carbocycles. The number of guanidine groups is 1. The van der Waals surface area contributed by atoms with Crippen molar-refractivity contribution in [1.82, 2.24) is 16.0 Å². The Morgan fingerprint density at radius 1 is 1.00 bits per heavy atom. The van der Waals surface area contributed by atoms with Crippen LogP contribution in [0.4, 0.5) is 0 Å². The van der Waals surface area contributed by atoms with Gasteiger partial charge in [0.25, 0.3) is 0 Å². The van der Waals surface area contributed by atoms with E-state index in [-0.39, 0.29) is 30.2 Å². The van der Waals surface area contributed by atoms with Gasteiger partial charge in [-0.25, -0.2) is 0 Å². The van der Waals surface area contributed by atoms with E-state index in [0.717, 1.165) is 31.2 Å². The summed E-state index contributed by atoms with van der Waals surface area (Å²) >= 11 is 0. The first-order valence-electron chi connectivity index (χ1n) is 13.2. The number of methoxy groups -OCH3 is 2. The molecule has 0 aliphatic heterocycles. The molecule has 0 aromatic heterocycles. The minimum atomic E-state index is -0.579. The summed E-state index contributed by atoms with van der Waals surface area (Å²) in [5, 5.41) is 17.2. The molecule has 2 aliphatic rings. The van der Waals surface area contributed by atoms with Gasteiger partial charge in [0.05, 0.1) is 26.7 Å². The van der Waals surface area contributed by atoms with Crippen LogP contribution in [0.1, 0.15) is 67.7 Å². The van der Waals surface area contributed by atoms with Crippen molar-refractivity contribution in [3.63, 3.8) is 0 Å². The van der Waals surface area contributed by atoms with Gasteiger partial charge in [-0.05, 0) is 54.0 Å². The smallest absolute Gasteiger partial charge is 0.243 e. The first-order valence-corrected chi connectivity index (χ1v) is 13.2. The third-order valence-corrected chi connectivity index (χ3v) is 7.46. The highest BCUT2D eigenvalue weighted by molar-refractivity contribution is 5.98. The fourth-order valence-electron chi connectivity index (χ4n) is 5.54. The van der Waals surface area contributed by atoms with Crippen LogP contribution < -0.4 is 25.4 Å². The zero-order valence-corrected chi connectivity index (χ0v) is 21.8. The molecule has 2 aromatic rings. The second-order valence-electron chi connectivity index (χ2n) is 10.0. The number of ether oxygens (including phenoxy) is 2. The summed E-state index contributed by atoms with van der Waals surface area (Å²) in [5.41, 5.74) is 3.18. The molecule has 37 heavy (non-hydrogen) atoms. The lowest BCUT2D eigenvalue weighted by atomic mass is 9.84. The molecule has 2 amide bonds. The molecule has 1 fully saturated rings. The monoisotopic (exact) mass is 506 g/mol. The van der Waals surface area contributed by atoms with Gasteiger partial charge >= 0.3 is 0 Å². The average molecular weight is 507 g/mol. The number of amides is 2. The first kappa shape index (κ1) is 26.5. The van der Waals surface area contributed by atoms with E-state index in [2.05, 4.69) is 28.1 Å². The van der Waals surface area contributed by atoms with Gasteiger partial charge in [-0.3, -0.25) is 20.3 Å². The molecule has 0 saturated heterocycles. The third kappa shape index (κ3) is 7.02. The number of carbonyl (C=O) groups excluding carboxylic acids is 2. The zero-order chi connectivity index (χ0) is 26.2. The van der Waals surface area contributed by atoms with Crippen molar-refractivity contribution >= 4 is 17.8 Å².